The lowest BCUT2D eigenvalue weighted by Crippen LogP contribution is -2.43. The molecule has 0 aliphatic carbocycles. The monoisotopic (exact) mass is 457 g/mol. The number of carbonyl (C=O) groups excluding carboxylic acids is 2. The predicted octanol–water partition coefficient (Wildman–Crippen LogP) is 4.89. The number of amides is 1. The zero-order valence-electron chi connectivity index (χ0n) is 19.9. The number of carbonyl (C=O) groups is 2. The molecular formula is C25H35N3O3S. The van der Waals surface area contributed by atoms with Gasteiger partial charge in [-0.2, -0.15) is 0 Å². The lowest BCUT2D eigenvalue weighted by molar-refractivity contribution is -0.125. The van der Waals surface area contributed by atoms with E-state index in [2.05, 4.69) is 46.4 Å². The molecule has 0 spiro atoms. The molecule has 0 saturated carbocycles. The van der Waals surface area contributed by atoms with Crippen molar-refractivity contribution in [1.82, 2.24) is 10.3 Å². The molecule has 1 atom stereocenters. The summed E-state index contributed by atoms with van der Waals surface area (Å²) in [6.07, 6.45) is 3.99. The van der Waals surface area contributed by atoms with Crippen molar-refractivity contribution in [3.05, 3.63) is 46.0 Å². The minimum absolute atomic E-state index is 0.0768. The summed E-state index contributed by atoms with van der Waals surface area (Å²) in [7, 11) is 0. The summed E-state index contributed by atoms with van der Waals surface area (Å²) in [5.74, 6) is -0.347. The number of nitrogens with zero attached hydrogens (tertiary/aromatic N) is 2. The molecule has 0 bridgehead atoms. The van der Waals surface area contributed by atoms with Gasteiger partial charge in [-0.15, -0.1) is 0 Å². The highest BCUT2D eigenvalue weighted by Crippen LogP contribution is 2.31. The molecule has 2 heterocycles. The summed E-state index contributed by atoms with van der Waals surface area (Å²) in [5.41, 5.74) is 2.58. The van der Waals surface area contributed by atoms with Crippen LogP contribution in [0.4, 0.5) is 5.13 Å². The van der Waals surface area contributed by atoms with Gasteiger partial charge in [0.2, 0.25) is 5.91 Å². The van der Waals surface area contributed by atoms with Crippen LogP contribution in [0.2, 0.25) is 0 Å². The number of rotatable bonds is 7. The van der Waals surface area contributed by atoms with Gasteiger partial charge in [-0.05, 0) is 58.1 Å². The highest BCUT2D eigenvalue weighted by molar-refractivity contribution is 7.17. The van der Waals surface area contributed by atoms with Gasteiger partial charge in [-0.1, -0.05) is 48.9 Å². The highest BCUT2D eigenvalue weighted by atomic mass is 32.1. The standard InChI is InChI=1S/C25H35N3O3S/c1-6-8-18-10-12-19(13-11-18)15-26-22(29)20-9-7-14-28(16-20)24-27-17(2)21(32-24)23(30)31-25(3,4)5/h10-13,20H,6-9,14-16H2,1-5H3,(H,26,29). The van der Waals surface area contributed by atoms with Crippen molar-refractivity contribution >= 4 is 28.3 Å². The number of thiazole rings is 1. The van der Waals surface area contributed by atoms with Crippen LogP contribution in [0, 0.1) is 12.8 Å². The van der Waals surface area contributed by atoms with Crippen LogP contribution >= 0.6 is 11.3 Å². The average Bonchev–Trinajstić information content (AvgIpc) is 3.14. The number of anilines is 1. The molecule has 1 aromatic carbocycles. The van der Waals surface area contributed by atoms with Gasteiger partial charge in [0.25, 0.3) is 0 Å². The lowest BCUT2D eigenvalue weighted by atomic mass is 9.97. The molecule has 1 fully saturated rings. The predicted molar refractivity (Wildman–Crippen MR) is 129 cm³/mol. The molecule has 0 radical (unpaired) electrons. The lowest BCUT2D eigenvalue weighted by Gasteiger charge is -2.31. The first-order valence-electron chi connectivity index (χ1n) is 11.5. The summed E-state index contributed by atoms with van der Waals surface area (Å²) in [6.45, 7) is 11.6. The van der Waals surface area contributed by atoms with Gasteiger partial charge in [0, 0.05) is 19.6 Å². The van der Waals surface area contributed by atoms with E-state index in [1.807, 2.05) is 27.7 Å². The van der Waals surface area contributed by atoms with Crippen LogP contribution in [0.15, 0.2) is 24.3 Å². The second-order valence-electron chi connectivity index (χ2n) is 9.48. The maximum Gasteiger partial charge on any atom is 0.350 e. The third kappa shape index (κ3) is 6.55. The maximum absolute atomic E-state index is 12.8. The number of hydrogen-bond donors (Lipinski definition) is 1. The molecule has 6 nitrogen and oxygen atoms in total. The molecule has 1 amide bonds. The van der Waals surface area contributed by atoms with Crippen molar-refractivity contribution in [2.24, 2.45) is 5.92 Å². The summed E-state index contributed by atoms with van der Waals surface area (Å²) in [4.78, 5) is 32.6. The molecule has 1 aromatic heterocycles. The Balaban J connectivity index is 1.58. The van der Waals surface area contributed by atoms with Gasteiger partial charge in [0.05, 0.1) is 11.6 Å². The molecule has 3 rings (SSSR count). The molecule has 1 N–H and O–H groups in total. The van der Waals surface area contributed by atoms with Crippen molar-refractivity contribution in [1.29, 1.82) is 0 Å². The Bertz CT molecular complexity index is 931. The van der Waals surface area contributed by atoms with Crippen LogP contribution in [0.1, 0.15) is 73.4 Å². The van der Waals surface area contributed by atoms with Crippen LogP contribution in [0.3, 0.4) is 0 Å². The van der Waals surface area contributed by atoms with E-state index in [1.54, 1.807) is 0 Å². The zero-order chi connectivity index (χ0) is 23.3. The third-order valence-electron chi connectivity index (χ3n) is 5.46. The molecule has 174 valence electrons. The Morgan fingerprint density at radius 2 is 1.91 bits per heavy atom. The van der Waals surface area contributed by atoms with Gasteiger partial charge in [0.1, 0.15) is 10.5 Å². The SMILES string of the molecule is CCCc1ccc(CNC(=O)C2CCCN(c3nc(C)c(C(=O)OC(C)(C)C)s3)C2)cc1. The number of aromatic nitrogens is 1. The van der Waals surface area contributed by atoms with E-state index in [-0.39, 0.29) is 17.8 Å². The van der Waals surface area contributed by atoms with Crippen molar-refractivity contribution in [3.63, 3.8) is 0 Å². The van der Waals surface area contributed by atoms with E-state index in [1.165, 1.54) is 16.9 Å². The zero-order valence-corrected chi connectivity index (χ0v) is 20.7. The van der Waals surface area contributed by atoms with E-state index in [0.717, 1.165) is 42.9 Å². The van der Waals surface area contributed by atoms with E-state index in [9.17, 15) is 9.59 Å². The number of hydrogen-bond acceptors (Lipinski definition) is 6. The van der Waals surface area contributed by atoms with E-state index >= 15 is 0 Å². The molecule has 1 aliphatic rings. The minimum atomic E-state index is -0.543. The number of piperidine rings is 1. The van der Waals surface area contributed by atoms with Crippen LogP contribution in [-0.4, -0.2) is 35.6 Å². The fourth-order valence-electron chi connectivity index (χ4n) is 3.84. The van der Waals surface area contributed by atoms with Gasteiger partial charge < -0.3 is 15.0 Å². The third-order valence-corrected chi connectivity index (χ3v) is 6.66. The molecule has 1 unspecified atom stereocenters. The second kappa shape index (κ2) is 10.5. The Morgan fingerprint density at radius 3 is 2.56 bits per heavy atom. The van der Waals surface area contributed by atoms with Gasteiger partial charge in [-0.3, -0.25) is 4.79 Å². The minimum Gasteiger partial charge on any atom is -0.456 e. The Labute approximate surface area is 195 Å². The Morgan fingerprint density at radius 1 is 1.22 bits per heavy atom. The smallest absolute Gasteiger partial charge is 0.350 e. The van der Waals surface area contributed by atoms with E-state index in [4.69, 9.17) is 4.74 Å². The molecule has 2 aromatic rings. The Hall–Kier alpha value is -2.41. The first-order chi connectivity index (χ1) is 15.2. The quantitative estimate of drug-likeness (QED) is 0.599. The van der Waals surface area contributed by atoms with Gasteiger partial charge in [0.15, 0.2) is 5.13 Å². The highest BCUT2D eigenvalue weighted by Gasteiger charge is 2.29. The first kappa shape index (κ1) is 24.2. The maximum atomic E-state index is 12.8. The second-order valence-corrected chi connectivity index (χ2v) is 10.5. The van der Waals surface area contributed by atoms with Crippen LogP contribution in [0.5, 0.6) is 0 Å². The molecule has 7 heteroatoms. The van der Waals surface area contributed by atoms with Crippen LogP contribution < -0.4 is 10.2 Å². The number of ether oxygens (including phenoxy) is 1. The molecule has 1 aliphatic heterocycles. The van der Waals surface area contributed by atoms with Crippen molar-refractivity contribution in [3.8, 4) is 0 Å². The van der Waals surface area contributed by atoms with E-state index < -0.39 is 5.60 Å². The molecule has 1 saturated heterocycles. The summed E-state index contributed by atoms with van der Waals surface area (Å²) < 4.78 is 5.51. The van der Waals surface area contributed by atoms with E-state index in [0.29, 0.717) is 23.7 Å². The summed E-state index contributed by atoms with van der Waals surface area (Å²) >= 11 is 1.35. The average molecular weight is 458 g/mol. The first-order valence-corrected chi connectivity index (χ1v) is 12.3. The topological polar surface area (TPSA) is 71.5 Å². The largest absolute Gasteiger partial charge is 0.456 e. The van der Waals surface area contributed by atoms with Crippen molar-refractivity contribution in [2.45, 2.75) is 72.4 Å². The van der Waals surface area contributed by atoms with Crippen LogP contribution in [0.25, 0.3) is 0 Å². The van der Waals surface area contributed by atoms with Crippen LogP contribution in [-0.2, 0) is 22.5 Å². The number of aryl methyl sites for hydroxylation is 2. The summed E-state index contributed by atoms with van der Waals surface area (Å²) in [6, 6.07) is 8.46. The fourth-order valence-corrected chi connectivity index (χ4v) is 4.82. The van der Waals surface area contributed by atoms with Crippen molar-refractivity contribution in [2.75, 3.05) is 18.0 Å². The molecular weight excluding hydrogens is 422 g/mol. The summed E-state index contributed by atoms with van der Waals surface area (Å²) in [5, 5.41) is 3.88. The van der Waals surface area contributed by atoms with Gasteiger partial charge in [-0.25, -0.2) is 9.78 Å². The fraction of sp³-hybridized carbons (Fsp3) is 0.560. The van der Waals surface area contributed by atoms with Gasteiger partial charge >= 0.3 is 5.97 Å². The number of benzene rings is 1. The normalized spacial score (nSPS) is 16.7. The number of nitrogens with one attached hydrogen (secondary N) is 1. The van der Waals surface area contributed by atoms with Crippen molar-refractivity contribution < 1.29 is 14.3 Å². The number of esters is 1. The Kier molecular flexibility index (Phi) is 7.93. The molecule has 32 heavy (non-hydrogen) atoms.